The van der Waals surface area contributed by atoms with Gasteiger partial charge in [0.15, 0.2) is 19.0 Å². The number of ether oxygens (including phenoxy) is 2. The van der Waals surface area contributed by atoms with Gasteiger partial charge in [-0.3, -0.25) is 19.3 Å². The van der Waals surface area contributed by atoms with Gasteiger partial charge in [-0.05, 0) is 47.9 Å². The fourth-order valence-corrected chi connectivity index (χ4v) is 3.66. The number of hydrogen-bond acceptors (Lipinski definition) is 6. The molecule has 1 aliphatic heterocycles. The zero-order valence-corrected chi connectivity index (χ0v) is 19.1. The van der Waals surface area contributed by atoms with Crippen LogP contribution in [0, 0.1) is 0 Å². The number of amides is 2. The lowest BCUT2D eigenvalue weighted by Crippen LogP contribution is -2.45. The molecule has 2 amide bonds. The molecule has 1 aliphatic rings. The Hall–Kier alpha value is -4.07. The van der Waals surface area contributed by atoms with Crippen LogP contribution < -0.4 is 19.7 Å². The first-order valence-electron chi connectivity index (χ1n) is 11.0. The third-order valence-electron chi connectivity index (χ3n) is 5.47. The SMILES string of the molecule is CC(C)c1ccccc1OCC(=O)c1ccc2c(c1)N(CC(=O)NCc1ccco1)C(=O)CO2. The van der Waals surface area contributed by atoms with E-state index in [2.05, 4.69) is 19.2 Å². The molecule has 1 N–H and O–H groups in total. The Balaban J connectivity index is 1.46. The number of hydrogen-bond donors (Lipinski definition) is 1. The van der Waals surface area contributed by atoms with Gasteiger partial charge in [-0.1, -0.05) is 32.0 Å². The smallest absolute Gasteiger partial charge is 0.265 e. The van der Waals surface area contributed by atoms with Crippen molar-refractivity contribution in [3.05, 3.63) is 77.7 Å². The lowest BCUT2D eigenvalue weighted by Gasteiger charge is -2.29. The molecule has 8 heteroatoms. The fourth-order valence-electron chi connectivity index (χ4n) is 3.66. The first-order valence-corrected chi connectivity index (χ1v) is 11.0. The van der Waals surface area contributed by atoms with Crippen molar-refractivity contribution in [1.82, 2.24) is 5.32 Å². The van der Waals surface area contributed by atoms with Crippen LogP contribution in [0.2, 0.25) is 0 Å². The molecule has 0 saturated heterocycles. The minimum atomic E-state index is -0.368. The Kier molecular flexibility index (Phi) is 6.96. The van der Waals surface area contributed by atoms with Crippen LogP contribution in [-0.2, 0) is 16.1 Å². The maximum absolute atomic E-state index is 12.9. The summed E-state index contributed by atoms with van der Waals surface area (Å²) in [6.45, 7) is 3.80. The van der Waals surface area contributed by atoms with Crippen LogP contribution in [0.1, 0.15) is 41.4 Å². The van der Waals surface area contributed by atoms with Crippen molar-refractivity contribution in [2.75, 3.05) is 24.7 Å². The van der Waals surface area contributed by atoms with E-state index in [1.54, 1.807) is 30.3 Å². The lowest BCUT2D eigenvalue weighted by molar-refractivity contribution is -0.125. The molecule has 176 valence electrons. The van der Waals surface area contributed by atoms with Gasteiger partial charge in [0, 0.05) is 5.56 Å². The van der Waals surface area contributed by atoms with Crippen LogP contribution in [0.3, 0.4) is 0 Å². The first-order chi connectivity index (χ1) is 16.4. The summed E-state index contributed by atoms with van der Waals surface area (Å²) in [5.41, 5.74) is 1.75. The summed E-state index contributed by atoms with van der Waals surface area (Å²) in [7, 11) is 0. The van der Waals surface area contributed by atoms with Gasteiger partial charge in [0.2, 0.25) is 5.91 Å². The summed E-state index contributed by atoms with van der Waals surface area (Å²) in [5, 5.41) is 2.72. The number of ketones is 1. The lowest BCUT2D eigenvalue weighted by atomic mass is 10.0. The van der Waals surface area contributed by atoms with Gasteiger partial charge >= 0.3 is 0 Å². The topological polar surface area (TPSA) is 98.1 Å². The molecule has 0 unspecified atom stereocenters. The maximum Gasteiger partial charge on any atom is 0.265 e. The van der Waals surface area contributed by atoms with E-state index < -0.39 is 0 Å². The summed E-state index contributed by atoms with van der Waals surface area (Å²) >= 11 is 0. The van der Waals surface area contributed by atoms with Crippen LogP contribution in [0.15, 0.2) is 65.3 Å². The molecule has 0 saturated carbocycles. The van der Waals surface area contributed by atoms with Crippen molar-refractivity contribution in [3.8, 4) is 11.5 Å². The van der Waals surface area contributed by atoms with Crippen LogP contribution in [0.5, 0.6) is 11.5 Å². The molecule has 1 aromatic heterocycles. The van der Waals surface area contributed by atoms with Crippen molar-refractivity contribution in [3.63, 3.8) is 0 Å². The Morgan fingerprint density at radius 3 is 2.71 bits per heavy atom. The molecular formula is C26H26N2O6. The van der Waals surface area contributed by atoms with Crippen molar-refractivity contribution in [2.24, 2.45) is 0 Å². The van der Waals surface area contributed by atoms with Crippen LogP contribution in [-0.4, -0.2) is 37.4 Å². The largest absolute Gasteiger partial charge is 0.485 e. The maximum atomic E-state index is 12.9. The quantitative estimate of drug-likeness (QED) is 0.487. The molecule has 8 nitrogen and oxygen atoms in total. The highest BCUT2D eigenvalue weighted by atomic mass is 16.5. The molecule has 3 aromatic rings. The molecular weight excluding hydrogens is 436 g/mol. The number of para-hydroxylation sites is 1. The van der Waals surface area contributed by atoms with Crippen molar-refractivity contribution < 1.29 is 28.3 Å². The third kappa shape index (κ3) is 5.28. The summed E-state index contributed by atoms with van der Waals surface area (Å²) in [4.78, 5) is 39.2. The third-order valence-corrected chi connectivity index (χ3v) is 5.47. The Bertz CT molecular complexity index is 1190. The van der Waals surface area contributed by atoms with Crippen molar-refractivity contribution >= 4 is 23.3 Å². The van der Waals surface area contributed by atoms with Gasteiger partial charge in [-0.2, -0.15) is 0 Å². The van der Waals surface area contributed by atoms with Gasteiger partial charge < -0.3 is 19.2 Å². The number of rotatable bonds is 9. The molecule has 2 heterocycles. The van der Waals surface area contributed by atoms with E-state index in [9.17, 15) is 14.4 Å². The standard InChI is InChI=1S/C26H26N2O6/c1-17(2)20-7-3-4-8-23(20)33-15-22(29)18-9-10-24-21(12-18)28(26(31)16-34-24)14-25(30)27-13-19-6-5-11-32-19/h3-12,17H,13-16H2,1-2H3,(H,27,30). The molecule has 0 bridgehead atoms. The number of anilines is 1. The monoisotopic (exact) mass is 462 g/mol. The van der Waals surface area contributed by atoms with E-state index in [1.807, 2.05) is 24.3 Å². The van der Waals surface area contributed by atoms with Gasteiger partial charge in [-0.15, -0.1) is 0 Å². The zero-order valence-electron chi connectivity index (χ0n) is 19.1. The number of carbonyl (C=O) groups is 3. The average molecular weight is 463 g/mol. The molecule has 0 radical (unpaired) electrons. The van der Waals surface area contributed by atoms with Crippen LogP contribution in [0.25, 0.3) is 0 Å². The highest BCUT2D eigenvalue weighted by Gasteiger charge is 2.28. The summed E-state index contributed by atoms with van der Waals surface area (Å²) in [6.07, 6.45) is 1.52. The number of nitrogens with zero attached hydrogens (tertiary/aromatic N) is 1. The normalized spacial score (nSPS) is 12.8. The van der Waals surface area contributed by atoms with E-state index in [0.717, 1.165) is 5.56 Å². The average Bonchev–Trinajstić information content (AvgIpc) is 3.36. The van der Waals surface area contributed by atoms with E-state index in [-0.39, 0.29) is 49.8 Å². The zero-order chi connectivity index (χ0) is 24.1. The predicted molar refractivity (Wildman–Crippen MR) is 125 cm³/mol. The summed E-state index contributed by atoms with van der Waals surface area (Å²) in [6, 6.07) is 15.9. The van der Waals surface area contributed by atoms with E-state index in [4.69, 9.17) is 13.9 Å². The molecule has 0 aliphatic carbocycles. The molecule has 34 heavy (non-hydrogen) atoms. The Morgan fingerprint density at radius 2 is 1.94 bits per heavy atom. The molecule has 0 atom stereocenters. The Labute approximate surface area is 197 Å². The van der Waals surface area contributed by atoms with Gasteiger partial charge in [0.05, 0.1) is 18.5 Å². The number of fused-ring (bicyclic) bond motifs is 1. The first kappa shape index (κ1) is 23.1. The van der Waals surface area contributed by atoms with Gasteiger partial charge in [0.1, 0.15) is 23.8 Å². The summed E-state index contributed by atoms with van der Waals surface area (Å²) in [5.74, 6) is 0.981. The van der Waals surface area contributed by atoms with E-state index >= 15 is 0 Å². The molecule has 2 aromatic carbocycles. The second kappa shape index (κ2) is 10.2. The second-order valence-electron chi connectivity index (χ2n) is 8.21. The number of furan rings is 1. The van der Waals surface area contributed by atoms with Gasteiger partial charge in [0.25, 0.3) is 5.91 Å². The molecule has 0 spiro atoms. The minimum Gasteiger partial charge on any atom is -0.485 e. The highest BCUT2D eigenvalue weighted by Crippen LogP contribution is 2.33. The minimum absolute atomic E-state index is 0.152. The molecule has 4 rings (SSSR count). The van der Waals surface area contributed by atoms with Crippen molar-refractivity contribution in [2.45, 2.75) is 26.3 Å². The van der Waals surface area contributed by atoms with Crippen LogP contribution >= 0.6 is 0 Å². The highest BCUT2D eigenvalue weighted by molar-refractivity contribution is 6.04. The Morgan fingerprint density at radius 1 is 1.12 bits per heavy atom. The second-order valence-corrected chi connectivity index (χ2v) is 8.21. The van der Waals surface area contributed by atoms with Crippen molar-refractivity contribution in [1.29, 1.82) is 0 Å². The van der Waals surface area contributed by atoms with E-state index in [0.29, 0.717) is 28.5 Å². The number of Topliss-reactive ketones (excluding diaryl/α,β-unsaturated/α-hetero) is 1. The predicted octanol–water partition coefficient (Wildman–Crippen LogP) is 3.71. The van der Waals surface area contributed by atoms with E-state index in [1.165, 1.54) is 11.2 Å². The van der Waals surface area contributed by atoms with Crippen LogP contribution in [0.4, 0.5) is 5.69 Å². The fraction of sp³-hybridized carbons (Fsp3) is 0.269. The number of carbonyl (C=O) groups excluding carboxylic acids is 3. The van der Waals surface area contributed by atoms with Gasteiger partial charge in [-0.25, -0.2) is 0 Å². The number of benzene rings is 2. The summed E-state index contributed by atoms with van der Waals surface area (Å²) < 4.78 is 16.5. The molecule has 0 fully saturated rings. The number of nitrogens with one attached hydrogen (secondary N) is 1.